The van der Waals surface area contributed by atoms with Gasteiger partial charge in [0.1, 0.15) is 0 Å². The molecule has 1 atom stereocenters. The summed E-state index contributed by atoms with van der Waals surface area (Å²) < 4.78 is 0. The summed E-state index contributed by atoms with van der Waals surface area (Å²) in [5, 5.41) is 0. The minimum absolute atomic E-state index is 0.364. The predicted molar refractivity (Wildman–Crippen MR) is 64.7 cm³/mol. The standard InChI is InChI=1S/C14H17N/c15-11-14(12-7-3-1-4-8-12)13-9-5-2-6-10-13/h1,3-5,7-10,14H,2,6,11,15H2. The predicted octanol–water partition coefficient (Wildman–Crippen LogP) is 3.01. The molecule has 1 aliphatic carbocycles. The number of allylic oxidation sites excluding steroid dienone is 3. The highest BCUT2D eigenvalue weighted by molar-refractivity contribution is 5.36. The molecule has 0 saturated heterocycles. The van der Waals surface area contributed by atoms with Gasteiger partial charge in [-0.1, -0.05) is 48.6 Å². The molecule has 1 unspecified atom stereocenters. The van der Waals surface area contributed by atoms with Gasteiger partial charge in [0.2, 0.25) is 0 Å². The molecule has 2 rings (SSSR count). The molecular formula is C14H17N. The van der Waals surface area contributed by atoms with E-state index < -0.39 is 0 Å². The topological polar surface area (TPSA) is 26.0 Å². The van der Waals surface area contributed by atoms with E-state index in [0.717, 1.165) is 12.8 Å². The van der Waals surface area contributed by atoms with Gasteiger partial charge in [0.25, 0.3) is 0 Å². The average molecular weight is 199 g/mol. The molecule has 0 aromatic heterocycles. The van der Waals surface area contributed by atoms with Crippen molar-refractivity contribution in [2.45, 2.75) is 18.8 Å². The zero-order valence-corrected chi connectivity index (χ0v) is 8.89. The highest BCUT2D eigenvalue weighted by Gasteiger charge is 2.13. The van der Waals surface area contributed by atoms with Crippen LogP contribution in [0.3, 0.4) is 0 Å². The Labute approximate surface area is 91.3 Å². The number of hydrogen-bond donors (Lipinski definition) is 1. The Morgan fingerprint density at radius 1 is 1.13 bits per heavy atom. The van der Waals surface area contributed by atoms with Crippen LogP contribution in [0.2, 0.25) is 0 Å². The molecule has 1 aromatic rings. The molecule has 0 fully saturated rings. The van der Waals surface area contributed by atoms with Crippen molar-refractivity contribution in [2.75, 3.05) is 6.54 Å². The Morgan fingerprint density at radius 2 is 1.93 bits per heavy atom. The van der Waals surface area contributed by atoms with Crippen LogP contribution in [0.15, 0.2) is 54.1 Å². The van der Waals surface area contributed by atoms with Crippen molar-refractivity contribution in [3.63, 3.8) is 0 Å². The summed E-state index contributed by atoms with van der Waals surface area (Å²) in [7, 11) is 0. The second kappa shape index (κ2) is 4.94. The summed E-state index contributed by atoms with van der Waals surface area (Å²) >= 11 is 0. The summed E-state index contributed by atoms with van der Waals surface area (Å²) in [6, 6.07) is 10.5. The van der Waals surface area contributed by atoms with E-state index in [2.05, 4.69) is 42.5 Å². The van der Waals surface area contributed by atoms with Crippen molar-refractivity contribution in [1.82, 2.24) is 0 Å². The smallest absolute Gasteiger partial charge is 0.0209 e. The largest absolute Gasteiger partial charge is 0.330 e. The molecule has 1 heteroatoms. The highest BCUT2D eigenvalue weighted by atomic mass is 14.5. The van der Waals surface area contributed by atoms with Gasteiger partial charge in [-0.3, -0.25) is 0 Å². The van der Waals surface area contributed by atoms with Crippen molar-refractivity contribution in [3.05, 3.63) is 59.7 Å². The van der Waals surface area contributed by atoms with Gasteiger partial charge in [0, 0.05) is 12.5 Å². The number of benzene rings is 1. The van der Waals surface area contributed by atoms with Crippen molar-refractivity contribution in [1.29, 1.82) is 0 Å². The first-order chi connectivity index (χ1) is 7.42. The van der Waals surface area contributed by atoms with Crippen LogP contribution < -0.4 is 5.73 Å². The van der Waals surface area contributed by atoms with E-state index >= 15 is 0 Å². The molecule has 0 bridgehead atoms. The lowest BCUT2D eigenvalue weighted by Crippen LogP contribution is -2.14. The van der Waals surface area contributed by atoms with E-state index in [1.165, 1.54) is 11.1 Å². The number of nitrogens with two attached hydrogens (primary N) is 1. The first-order valence-electron chi connectivity index (χ1n) is 5.53. The van der Waals surface area contributed by atoms with Gasteiger partial charge in [-0.15, -0.1) is 0 Å². The van der Waals surface area contributed by atoms with E-state index in [1.54, 1.807) is 0 Å². The van der Waals surface area contributed by atoms with Crippen LogP contribution in [0.25, 0.3) is 0 Å². The summed E-state index contributed by atoms with van der Waals surface area (Å²) in [6.45, 7) is 0.681. The molecule has 0 radical (unpaired) electrons. The van der Waals surface area contributed by atoms with Crippen LogP contribution >= 0.6 is 0 Å². The minimum Gasteiger partial charge on any atom is -0.330 e. The van der Waals surface area contributed by atoms with Gasteiger partial charge in [0.05, 0.1) is 0 Å². The van der Waals surface area contributed by atoms with Crippen molar-refractivity contribution in [3.8, 4) is 0 Å². The molecule has 0 saturated carbocycles. The summed E-state index contributed by atoms with van der Waals surface area (Å²) in [5.74, 6) is 0.364. The Bertz CT molecular complexity index is 362. The second-order valence-electron chi connectivity index (χ2n) is 3.88. The van der Waals surface area contributed by atoms with Gasteiger partial charge in [-0.25, -0.2) is 0 Å². The van der Waals surface area contributed by atoms with E-state index in [-0.39, 0.29) is 0 Å². The van der Waals surface area contributed by atoms with Crippen molar-refractivity contribution < 1.29 is 0 Å². The van der Waals surface area contributed by atoms with Gasteiger partial charge >= 0.3 is 0 Å². The number of hydrogen-bond acceptors (Lipinski definition) is 1. The molecule has 78 valence electrons. The fourth-order valence-electron chi connectivity index (χ4n) is 2.04. The van der Waals surface area contributed by atoms with Crippen LogP contribution in [0.5, 0.6) is 0 Å². The normalized spacial score (nSPS) is 17.3. The highest BCUT2D eigenvalue weighted by Crippen LogP contribution is 2.26. The maximum atomic E-state index is 5.86. The Balaban J connectivity index is 2.24. The summed E-state index contributed by atoms with van der Waals surface area (Å²) in [5.41, 5.74) is 8.55. The fraction of sp³-hybridized carbons (Fsp3) is 0.286. The fourth-order valence-corrected chi connectivity index (χ4v) is 2.04. The summed E-state index contributed by atoms with van der Waals surface area (Å²) in [4.78, 5) is 0. The molecule has 15 heavy (non-hydrogen) atoms. The van der Waals surface area contributed by atoms with E-state index in [4.69, 9.17) is 5.73 Å². The van der Waals surface area contributed by atoms with E-state index in [1.807, 2.05) is 6.07 Å². The monoisotopic (exact) mass is 199 g/mol. The molecule has 2 N–H and O–H groups in total. The van der Waals surface area contributed by atoms with Gasteiger partial charge in [0.15, 0.2) is 0 Å². The van der Waals surface area contributed by atoms with Gasteiger partial charge in [-0.05, 0) is 24.0 Å². The Morgan fingerprint density at radius 3 is 2.53 bits per heavy atom. The molecule has 1 aliphatic rings. The summed E-state index contributed by atoms with van der Waals surface area (Å²) in [6.07, 6.45) is 9.07. The van der Waals surface area contributed by atoms with Crippen LogP contribution in [0.4, 0.5) is 0 Å². The lowest BCUT2D eigenvalue weighted by molar-refractivity contribution is 0.801. The van der Waals surface area contributed by atoms with E-state index in [0.29, 0.717) is 12.5 Å². The molecule has 1 nitrogen and oxygen atoms in total. The van der Waals surface area contributed by atoms with Crippen molar-refractivity contribution in [2.24, 2.45) is 5.73 Å². The molecular weight excluding hydrogens is 182 g/mol. The first-order valence-corrected chi connectivity index (χ1v) is 5.53. The Hall–Kier alpha value is -1.34. The maximum Gasteiger partial charge on any atom is 0.0209 e. The van der Waals surface area contributed by atoms with Crippen LogP contribution in [-0.2, 0) is 0 Å². The van der Waals surface area contributed by atoms with Crippen LogP contribution in [0.1, 0.15) is 24.3 Å². The molecule has 0 spiro atoms. The third-order valence-corrected chi connectivity index (χ3v) is 2.86. The second-order valence-corrected chi connectivity index (χ2v) is 3.88. The lowest BCUT2D eigenvalue weighted by atomic mass is 9.88. The van der Waals surface area contributed by atoms with Crippen LogP contribution in [-0.4, -0.2) is 6.54 Å². The maximum absolute atomic E-state index is 5.86. The quantitative estimate of drug-likeness (QED) is 0.795. The third kappa shape index (κ3) is 2.37. The van der Waals surface area contributed by atoms with Crippen LogP contribution in [0, 0.1) is 0 Å². The molecule has 0 amide bonds. The zero-order valence-electron chi connectivity index (χ0n) is 8.89. The third-order valence-electron chi connectivity index (χ3n) is 2.86. The molecule has 0 aliphatic heterocycles. The molecule has 1 aromatic carbocycles. The lowest BCUT2D eigenvalue weighted by Gasteiger charge is -2.18. The minimum atomic E-state index is 0.364. The van der Waals surface area contributed by atoms with Gasteiger partial charge in [-0.2, -0.15) is 0 Å². The Kier molecular flexibility index (Phi) is 3.36. The number of rotatable bonds is 3. The van der Waals surface area contributed by atoms with Crippen molar-refractivity contribution >= 4 is 0 Å². The zero-order chi connectivity index (χ0) is 10.5. The average Bonchev–Trinajstić information content (AvgIpc) is 2.33. The van der Waals surface area contributed by atoms with Gasteiger partial charge < -0.3 is 5.73 Å². The SMILES string of the molecule is NCC(C1=CCCC=C1)c1ccccc1. The molecule has 0 heterocycles. The first kappa shape index (κ1) is 10.2. The van der Waals surface area contributed by atoms with E-state index in [9.17, 15) is 0 Å².